The Kier molecular flexibility index (Phi) is 10.1. The molecule has 2 aromatic rings. The topological polar surface area (TPSA) is 86.8 Å². The Morgan fingerprint density at radius 2 is 1.71 bits per heavy atom. The first kappa shape index (κ1) is 28.6. The zero-order valence-corrected chi connectivity index (χ0v) is 22.3. The first-order valence-corrected chi connectivity index (χ1v) is 13.7. The lowest BCUT2D eigenvalue weighted by atomic mass is 10.1. The number of carbonyl (C=O) groups excluding carboxylic acids is 2. The van der Waals surface area contributed by atoms with E-state index in [-0.39, 0.29) is 24.2 Å². The summed E-state index contributed by atoms with van der Waals surface area (Å²) in [6.07, 6.45) is 2.03. The molecule has 0 heterocycles. The lowest BCUT2D eigenvalue weighted by molar-refractivity contribution is -0.140. The van der Waals surface area contributed by atoms with Gasteiger partial charge in [-0.3, -0.25) is 13.9 Å². The molecule has 0 unspecified atom stereocenters. The fourth-order valence-electron chi connectivity index (χ4n) is 3.50. The molecule has 2 amide bonds. The van der Waals surface area contributed by atoms with Gasteiger partial charge in [-0.25, -0.2) is 12.8 Å². The van der Waals surface area contributed by atoms with Gasteiger partial charge in [0.05, 0.1) is 11.9 Å². The van der Waals surface area contributed by atoms with E-state index >= 15 is 0 Å². The van der Waals surface area contributed by atoms with Crippen molar-refractivity contribution in [3.05, 3.63) is 64.4 Å². The Labute approximate surface area is 212 Å². The predicted octanol–water partition coefficient (Wildman–Crippen LogP) is 4.28. The number of aryl methyl sites for hydroxylation is 1. The van der Waals surface area contributed by atoms with E-state index in [0.29, 0.717) is 23.4 Å². The summed E-state index contributed by atoms with van der Waals surface area (Å²) >= 11 is 6.20. The molecule has 0 fully saturated rings. The van der Waals surface area contributed by atoms with Crippen LogP contribution in [0, 0.1) is 12.7 Å². The first-order valence-electron chi connectivity index (χ1n) is 11.5. The number of hydrogen-bond donors (Lipinski definition) is 1. The third-order valence-electron chi connectivity index (χ3n) is 5.78. The van der Waals surface area contributed by atoms with E-state index < -0.39 is 34.3 Å². The maximum Gasteiger partial charge on any atom is 0.244 e. The van der Waals surface area contributed by atoms with Crippen LogP contribution in [0.3, 0.4) is 0 Å². The number of benzene rings is 2. The third-order valence-corrected chi connectivity index (χ3v) is 7.32. The highest BCUT2D eigenvalue weighted by Crippen LogP contribution is 2.25. The predicted molar refractivity (Wildman–Crippen MR) is 137 cm³/mol. The Morgan fingerprint density at radius 3 is 2.23 bits per heavy atom. The molecule has 10 heteroatoms. The van der Waals surface area contributed by atoms with Crippen molar-refractivity contribution in [2.75, 3.05) is 17.1 Å². The van der Waals surface area contributed by atoms with E-state index in [1.807, 2.05) is 13.8 Å². The molecule has 2 rings (SSSR count). The van der Waals surface area contributed by atoms with Crippen LogP contribution in [-0.2, 0) is 26.2 Å². The summed E-state index contributed by atoms with van der Waals surface area (Å²) in [4.78, 5) is 28.0. The van der Waals surface area contributed by atoms with Gasteiger partial charge in [-0.2, -0.15) is 0 Å². The Balaban J connectivity index is 2.45. The number of carbonyl (C=O) groups is 2. The number of sulfonamides is 1. The number of rotatable bonds is 11. The average Bonchev–Trinajstić information content (AvgIpc) is 2.79. The summed E-state index contributed by atoms with van der Waals surface area (Å²) in [5, 5.41) is 3.26. The molecule has 0 aromatic heterocycles. The molecule has 7 nitrogen and oxygen atoms in total. The standard InChI is InChI=1S/C25H33ClFN3O4S/c1-6-18(4)28-25(32)23(7-2)29(15-19-9-11-20(27)12-10-19)24(31)16-30(35(5,33)34)21-13-8-17(3)22(26)14-21/h8-14,18,23H,6-7,15-16H2,1-5H3,(H,28,32)/t18-,23+/m1/s1. The van der Waals surface area contributed by atoms with Crippen molar-refractivity contribution in [3.8, 4) is 0 Å². The van der Waals surface area contributed by atoms with Crippen LogP contribution in [-0.4, -0.2) is 50.0 Å². The van der Waals surface area contributed by atoms with Crippen LogP contribution in [0.2, 0.25) is 5.02 Å². The van der Waals surface area contributed by atoms with Crippen LogP contribution < -0.4 is 9.62 Å². The van der Waals surface area contributed by atoms with E-state index in [1.54, 1.807) is 26.0 Å². The van der Waals surface area contributed by atoms with Crippen molar-refractivity contribution < 1.29 is 22.4 Å². The molecule has 0 aliphatic rings. The lowest BCUT2D eigenvalue weighted by Crippen LogP contribution is -2.53. The highest BCUT2D eigenvalue weighted by atomic mass is 35.5. The van der Waals surface area contributed by atoms with Crippen molar-refractivity contribution in [1.29, 1.82) is 0 Å². The lowest BCUT2D eigenvalue weighted by Gasteiger charge is -2.33. The number of hydrogen-bond acceptors (Lipinski definition) is 4. The summed E-state index contributed by atoms with van der Waals surface area (Å²) in [7, 11) is -3.85. The molecule has 1 N–H and O–H groups in total. The zero-order valence-electron chi connectivity index (χ0n) is 20.7. The molecule has 192 valence electrons. The summed E-state index contributed by atoms with van der Waals surface area (Å²) in [5.74, 6) is -1.32. The largest absolute Gasteiger partial charge is 0.352 e. The summed E-state index contributed by atoms with van der Waals surface area (Å²) in [5.41, 5.74) is 1.62. The SMILES string of the molecule is CC[C@@H](C)NC(=O)[C@H](CC)N(Cc1ccc(F)cc1)C(=O)CN(c1ccc(C)c(Cl)c1)S(C)(=O)=O. The van der Waals surface area contributed by atoms with Crippen molar-refractivity contribution in [1.82, 2.24) is 10.2 Å². The fraction of sp³-hybridized carbons (Fsp3) is 0.440. The fourth-order valence-corrected chi connectivity index (χ4v) is 4.51. The second kappa shape index (κ2) is 12.4. The Bertz CT molecular complexity index is 1140. The molecular weight excluding hydrogens is 493 g/mol. The van der Waals surface area contributed by atoms with Gasteiger partial charge in [0.1, 0.15) is 18.4 Å². The minimum atomic E-state index is -3.85. The monoisotopic (exact) mass is 525 g/mol. The maximum atomic E-state index is 13.6. The van der Waals surface area contributed by atoms with Crippen molar-refractivity contribution in [3.63, 3.8) is 0 Å². The summed E-state index contributed by atoms with van der Waals surface area (Å²) in [6.45, 7) is 6.85. The molecule has 0 saturated heterocycles. The highest BCUT2D eigenvalue weighted by Gasteiger charge is 2.32. The van der Waals surface area contributed by atoms with E-state index in [9.17, 15) is 22.4 Å². The van der Waals surface area contributed by atoms with E-state index in [1.165, 1.54) is 35.2 Å². The van der Waals surface area contributed by atoms with Crippen molar-refractivity contribution >= 4 is 39.1 Å². The van der Waals surface area contributed by atoms with Crippen LogP contribution in [0.15, 0.2) is 42.5 Å². The first-order chi connectivity index (χ1) is 16.4. The van der Waals surface area contributed by atoms with Gasteiger partial charge in [0, 0.05) is 17.6 Å². The number of nitrogens with one attached hydrogen (secondary N) is 1. The smallest absolute Gasteiger partial charge is 0.244 e. The highest BCUT2D eigenvalue weighted by molar-refractivity contribution is 7.92. The van der Waals surface area contributed by atoms with Gasteiger partial charge in [-0.15, -0.1) is 0 Å². The Hall–Kier alpha value is -2.65. The maximum absolute atomic E-state index is 13.6. The van der Waals surface area contributed by atoms with Crippen LogP contribution in [0.1, 0.15) is 44.7 Å². The Morgan fingerprint density at radius 1 is 1.09 bits per heavy atom. The summed E-state index contributed by atoms with van der Waals surface area (Å²) in [6, 6.07) is 9.41. The van der Waals surface area contributed by atoms with E-state index in [2.05, 4.69) is 5.32 Å². The molecule has 0 aliphatic carbocycles. The van der Waals surface area contributed by atoms with Crippen LogP contribution >= 0.6 is 11.6 Å². The second-order valence-electron chi connectivity index (χ2n) is 8.59. The van der Waals surface area contributed by atoms with Crippen molar-refractivity contribution in [2.24, 2.45) is 0 Å². The minimum Gasteiger partial charge on any atom is -0.352 e. The molecule has 2 aromatic carbocycles. The minimum absolute atomic E-state index is 0.0117. The number of amides is 2. The van der Waals surface area contributed by atoms with Crippen LogP contribution in [0.5, 0.6) is 0 Å². The molecule has 0 saturated carbocycles. The van der Waals surface area contributed by atoms with Gasteiger partial charge in [0.2, 0.25) is 21.8 Å². The normalized spacial score (nSPS) is 13.1. The van der Waals surface area contributed by atoms with E-state index in [4.69, 9.17) is 11.6 Å². The van der Waals surface area contributed by atoms with Crippen molar-refractivity contribution in [2.45, 2.75) is 59.2 Å². The van der Waals surface area contributed by atoms with Gasteiger partial charge < -0.3 is 10.2 Å². The summed E-state index contributed by atoms with van der Waals surface area (Å²) < 4.78 is 39.7. The van der Waals surface area contributed by atoms with Gasteiger partial charge in [-0.1, -0.05) is 43.6 Å². The van der Waals surface area contributed by atoms with Crippen LogP contribution in [0.25, 0.3) is 0 Å². The number of halogens is 2. The molecule has 2 atom stereocenters. The molecule has 0 bridgehead atoms. The zero-order chi connectivity index (χ0) is 26.3. The van der Waals surface area contributed by atoms with Gasteiger partial charge in [-0.05, 0) is 62.1 Å². The number of anilines is 1. The molecule has 35 heavy (non-hydrogen) atoms. The van der Waals surface area contributed by atoms with Gasteiger partial charge in [0.15, 0.2) is 0 Å². The third kappa shape index (κ3) is 7.93. The average molecular weight is 526 g/mol. The molecule has 0 spiro atoms. The second-order valence-corrected chi connectivity index (χ2v) is 10.9. The molecular formula is C25H33ClFN3O4S. The number of nitrogens with zero attached hydrogens (tertiary/aromatic N) is 2. The molecule has 0 aliphatic heterocycles. The van der Waals surface area contributed by atoms with Gasteiger partial charge >= 0.3 is 0 Å². The van der Waals surface area contributed by atoms with Gasteiger partial charge in [0.25, 0.3) is 0 Å². The molecule has 0 radical (unpaired) electrons. The van der Waals surface area contributed by atoms with Crippen LogP contribution in [0.4, 0.5) is 10.1 Å². The quantitative estimate of drug-likeness (QED) is 0.474. The van der Waals surface area contributed by atoms with E-state index in [0.717, 1.165) is 16.1 Å².